The van der Waals surface area contributed by atoms with Crippen molar-refractivity contribution in [1.82, 2.24) is 0 Å². The summed E-state index contributed by atoms with van der Waals surface area (Å²) in [6.45, 7) is 0. The number of methoxy groups -OCH3 is 1. The Balaban J connectivity index is 1.94. The minimum absolute atomic E-state index is 0.119. The van der Waals surface area contributed by atoms with Gasteiger partial charge in [0.15, 0.2) is 0 Å². The molecule has 14 heavy (non-hydrogen) atoms. The molecule has 0 bridgehead atoms. The van der Waals surface area contributed by atoms with Crippen molar-refractivity contribution >= 4 is 11.8 Å². The van der Waals surface area contributed by atoms with Gasteiger partial charge in [0.2, 0.25) is 0 Å². The number of thioether (sulfide) groups is 1. The molecule has 3 heteroatoms. The Bertz CT molecular complexity index is 323. The van der Waals surface area contributed by atoms with Gasteiger partial charge in [-0.2, -0.15) is 0 Å². The van der Waals surface area contributed by atoms with Crippen molar-refractivity contribution in [3.8, 4) is 5.75 Å². The van der Waals surface area contributed by atoms with Crippen molar-refractivity contribution in [1.29, 1.82) is 0 Å². The highest BCUT2D eigenvalue weighted by Crippen LogP contribution is 2.37. The number of ether oxygens (including phenoxy) is 1. The van der Waals surface area contributed by atoms with E-state index in [-0.39, 0.29) is 5.54 Å². The van der Waals surface area contributed by atoms with Gasteiger partial charge in [0.05, 0.1) is 7.11 Å². The summed E-state index contributed by atoms with van der Waals surface area (Å²) in [5.74, 6) is 1.93. The van der Waals surface area contributed by atoms with Gasteiger partial charge in [-0.05, 0) is 31.0 Å². The van der Waals surface area contributed by atoms with E-state index in [2.05, 4.69) is 12.1 Å². The maximum atomic E-state index is 6.01. The molecule has 0 aliphatic heterocycles. The van der Waals surface area contributed by atoms with Crippen molar-refractivity contribution in [3.05, 3.63) is 24.3 Å². The summed E-state index contributed by atoms with van der Waals surface area (Å²) in [5.41, 5.74) is 6.13. The van der Waals surface area contributed by atoms with Crippen LogP contribution in [0.25, 0.3) is 0 Å². The lowest BCUT2D eigenvalue weighted by Gasteiger charge is -2.08. The highest BCUT2D eigenvalue weighted by Gasteiger charge is 2.37. The second-order valence-electron chi connectivity index (χ2n) is 3.83. The molecule has 1 aliphatic carbocycles. The summed E-state index contributed by atoms with van der Waals surface area (Å²) in [5, 5.41) is 0. The molecule has 1 aromatic rings. The average Bonchev–Trinajstić information content (AvgIpc) is 2.95. The summed E-state index contributed by atoms with van der Waals surface area (Å²) in [4.78, 5) is 1.24. The Morgan fingerprint density at radius 3 is 2.93 bits per heavy atom. The molecule has 1 aliphatic rings. The molecule has 0 amide bonds. The third-order valence-electron chi connectivity index (χ3n) is 2.46. The van der Waals surface area contributed by atoms with E-state index in [0.717, 1.165) is 11.5 Å². The minimum Gasteiger partial charge on any atom is -0.497 e. The summed E-state index contributed by atoms with van der Waals surface area (Å²) in [6, 6.07) is 8.12. The first kappa shape index (κ1) is 9.87. The largest absolute Gasteiger partial charge is 0.497 e. The lowest BCUT2D eigenvalue weighted by Crippen LogP contribution is -2.24. The van der Waals surface area contributed by atoms with Gasteiger partial charge in [0.25, 0.3) is 0 Å². The number of rotatable bonds is 4. The summed E-state index contributed by atoms with van der Waals surface area (Å²) in [6.07, 6.45) is 2.34. The third kappa shape index (κ3) is 2.42. The summed E-state index contributed by atoms with van der Waals surface area (Å²) >= 11 is 1.81. The van der Waals surface area contributed by atoms with Gasteiger partial charge in [0.1, 0.15) is 5.75 Å². The van der Waals surface area contributed by atoms with Crippen LogP contribution in [0.4, 0.5) is 0 Å². The predicted octanol–water partition coefficient (Wildman–Crippen LogP) is 2.28. The Morgan fingerprint density at radius 1 is 1.50 bits per heavy atom. The van der Waals surface area contributed by atoms with Crippen LogP contribution in [0.3, 0.4) is 0 Å². The zero-order valence-corrected chi connectivity index (χ0v) is 9.14. The first-order valence-corrected chi connectivity index (χ1v) is 5.76. The molecule has 1 saturated carbocycles. The molecule has 0 atom stereocenters. The average molecular weight is 209 g/mol. The van der Waals surface area contributed by atoms with Gasteiger partial charge in [-0.25, -0.2) is 0 Å². The van der Waals surface area contributed by atoms with Crippen molar-refractivity contribution in [2.45, 2.75) is 23.3 Å². The van der Waals surface area contributed by atoms with Crippen LogP contribution in [0.2, 0.25) is 0 Å². The Hall–Kier alpha value is -0.670. The van der Waals surface area contributed by atoms with E-state index in [1.54, 1.807) is 7.11 Å². The number of benzene rings is 1. The maximum Gasteiger partial charge on any atom is 0.119 e. The second kappa shape index (κ2) is 3.83. The van der Waals surface area contributed by atoms with Crippen LogP contribution in [0.15, 0.2) is 29.2 Å². The Kier molecular flexibility index (Phi) is 2.70. The quantitative estimate of drug-likeness (QED) is 0.773. The first-order valence-electron chi connectivity index (χ1n) is 4.78. The van der Waals surface area contributed by atoms with Crippen molar-refractivity contribution < 1.29 is 4.74 Å². The first-order chi connectivity index (χ1) is 6.72. The van der Waals surface area contributed by atoms with Gasteiger partial charge in [0, 0.05) is 16.2 Å². The van der Waals surface area contributed by atoms with E-state index in [1.807, 2.05) is 23.9 Å². The molecule has 76 valence electrons. The highest BCUT2D eigenvalue weighted by molar-refractivity contribution is 7.99. The van der Waals surface area contributed by atoms with Crippen LogP contribution in [0.5, 0.6) is 5.75 Å². The number of hydrogen-bond donors (Lipinski definition) is 1. The molecule has 2 nitrogen and oxygen atoms in total. The number of hydrogen-bond acceptors (Lipinski definition) is 3. The molecular weight excluding hydrogens is 194 g/mol. The van der Waals surface area contributed by atoms with Crippen LogP contribution in [0.1, 0.15) is 12.8 Å². The van der Waals surface area contributed by atoms with Crippen molar-refractivity contribution in [3.63, 3.8) is 0 Å². The van der Waals surface area contributed by atoms with E-state index in [1.165, 1.54) is 17.7 Å². The standard InChI is InChI=1S/C11H15NOS/c1-13-9-3-2-4-10(7-9)14-8-11(12)5-6-11/h2-4,7H,5-6,8,12H2,1H3. The molecule has 1 fully saturated rings. The zero-order chi connectivity index (χ0) is 10.0. The summed E-state index contributed by atoms with van der Waals surface area (Å²) < 4.78 is 5.16. The van der Waals surface area contributed by atoms with Gasteiger partial charge in [-0.15, -0.1) is 11.8 Å². The van der Waals surface area contributed by atoms with E-state index in [4.69, 9.17) is 10.5 Å². The second-order valence-corrected chi connectivity index (χ2v) is 4.88. The Morgan fingerprint density at radius 2 is 2.29 bits per heavy atom. The molecule has 0 aromatic heterocycles. The lowest BCUT2D eigenvalue weighted by molar-refractivity contribution is 0.413. The summed E-state index contributed by atoms with van der Waals surface area (Å²) in [7, 11) is 1.69. The van der Waals surface area contributed by atoms with Crippen LogP contribution in [-0.2, 0) is 0 Å². The fourth-order valence-corrected chi connectivity index (χ4v) is 2.34. The highest BCUT2D eigenvalue weighted by atomic mass is 32.2. The van der Waals surface area contributed by atoms with Crippen molar-refractivity contribution in [2.75, 3.05) is 12.9 Å². The number of nitrogens with two attached hydrogens (primary N) is 1. The SMILES string of the molecule is COc1cccc(SCC2(N)CC2)c1. The molecular formula is C11H15NOS. The van der Waals surface area contributed by atoms with Crippen LogP contribution in [0, 0.1) is 0 Å². The monoisotopic (exact) mass is 209 g/mol. The van der Waals surface area contributed by atoms with Gasteiger partial charge < -0.3 is 10.5 Å². The van der Waals surface area contributed by atoms with E-state index in [0.29, 0.717) is 0 Å². The topological polar surface area (TPSA) is 35.2 Å². The molecule has 2 rings (SSSR count). The van der Waals surface area contributed by atoms with Crippen LogP contribution < -0.4 is 10.5 Å². The van der Waals surface area contributed by atoms with E-state index < -0.39 is 0 Å². The fourth-order valence-electron chi connectivity index (χ4n) is 1.22. The van der Waals surface area contributed by atoms with Gasteiger partial charge in [-0.1, -0.05) is 6.07 Å². The van der Waals surface area contributed by atoms with Crippen molar-refractivity contribution in [2.24, 2.45) is 5.73 Å². The predicted molar refractivity (Wildman–Crippen MR) is 59.9 cm³/mol. The zero-order valence-electron chi connectivity index (χ0n) is 8.32. The smallest absolute Gasteiger partial charge is 0.119 e. The maximum absolute atomic E-state index is 6.01. The van der Waals surface area contributed by atoms with Gasteiger partial charge in [-0.3, -0.25) is 0 Å². The Labute approximate surface area is 88.8 Å². The van der Waals surface area contributed by atoms with Crippen LogP contribution >= 0.6 is 11.8 Å². The molecule has 0 saturated heterocycles. The van der Waals surface area contributed by atoms with Gasteiger partial charge >= 0.3 is 0 Å². The third-order valence-corrected chi connectivity index (χ3v) is 3.77. The fraction of sp³-hybridized carbons (Fsp3) is 0.455. The molecule has 1 aromatic carbocycles. The molecule has 0 spiro atoms. The molecule has 0 heterocycles. The lowest BCUT2D eigenvalue weighted by atomic mass is 10.3. The van der Waals surface area contributed by atoms with E-state index >= 15 is 0 Å². The minimum atomic E-state index is 0.119. The normalized spacial score (nSPS) is 17.9. The molecule has 0 radical (unpaired) electrons. The molecule has 2 N–H and O–H groups in total. The molecule has 0 unspecified atom stereocenters. The van der Waals surface area contributed by atoms with E-state index in [9.17, 15) is 0 Å². The van der Waals surface area contributed by atoms with Crippen LogP contribution in [-0.4, -0.2) is 18.4 Å².